The van der Waals surface area contributed by atoms with Crippen molar-refractivity contribution in [3.05, 3.63) is 29.3 Å². The lowest BCUT2D eigenvalue weighted by molar-refractivity contribution is -0.116. The van der Waals surface area contributed by atoms with Crippen molar-refractivity contribution in [3.8, 4) is 0 Å². The van der Waals surface area contributed by atoms with Gasteiger partial charge < -0.3 is 0 Å². The predicted octanol–water partition coefficient (Wildman–Crippen LogP) is 3.20. The molecule has 80 valence electrons. The van der Waals surface area contributed by atoms with Gasteiger partial charge in [0, 0.05) is 11.3 Å². The zero-order valence-corrected chi connectivity index (χ0v) is 10.3. The fourth-order valence-electron chi connectivity index (χ4n) is 1.75. The molecule has 1 nitrogen and oxygen atoms in total. The molecule has 0 aromatic heterocycles. The van der Waals surface area contributed by atoms with Gasteiger partial charge in [-0.15, -0.1) is 11.8 Å². The summed E-state index contributed by atoms with van der Waals surface area (Å²) in [4.78, 5) is 12.6. The molecule has 0 N–H and O–H groups in total. The Hall–Kier alpha value is -0.760. The minimum Gasteiger partial charge on any atom is -0.298 e. The molecule has 0 radical (unpaired) electrons. The molecule has 1 aliphatic heterocycles. The van der Waals surface area contributed by atoms with Crippen LogP contribution in [0.25, 0.3) is 0 Å². The highest BCUT2D eigenvalue weighted by Crippen LogP contribution is 2.32. The van der Waals surface area contributed by atoms with Crippen molar-refractivity contribution in [3.63, 3.8) is 0 Å². The molecule has 0 saturated carbocycles. The summed E-state index contributed by atoms with van der Waals surface area (Å²) in [6, 6.07) is 6.54. The first-order chi connectivity index (χ1) is 6.97. The van der Waals surface area contributed by atoms with Crippen LogP contribution in [0.1, 0.15) is 31.9 Å². The number of rotatable bonds is 0. The molecule has 1 aromatic carbocycles. The number of benzene rings is 1. The van der Waals surface area contributed by atoms with Crippen molar-refractivity contribution in [2.75, 3.05) is 5.75 Å². The number of fused-ring (bicyclic) bond motifs is 1. The molecule has 0 amide bonds. The molecule has 1 heterocycles. The van der Waals surface area contributed by atoms with Gasteiger partial charge in [-0.25, -0.2) is 0 Å². The van der Waals surface area contributed by atoms with Gasteiger partial charge in [0.2, 0.25) is 0 Å². The highest BCUT2D eigenvalue weighted by atomic mass is 32.2. The largest absolute Gasteiger partial charge is 0.298 e. The van der Waals surface area contributed by atoms with E-state index in [2.05, 4.69) is 39.0 Å². The Balaban J connectivity index is 2.41. The summed E-state index contributed by atoms with van der Waals surface area (Å²) in [5.41, 5.74) is 2.69. The van der Waals surface area contributed by atoms with Crippen molar-refractivity contribution < 1.29 is 4.79 Å². The zero-order chi connectivity index (χ0) is 11.1. The molecule has 1 aliphatic rings. The van der Waals surface area contributed by atoms with Crippen molar-refractivity contribution in [1.29, 1.82) is 0 Å². The van der Waals surface area contributed by atoms with E-state index in [1.54, 1.807) is 11.8 Å². The first-order valence-electron chi connectivity index (χ1n) is 5.25. The summed E-state index contributed by atoms with van der Waals surface area (Å²) in [6.07, 6.45) is 0.617. The van der Waals surface area contributed by atoms with E-state index >= 15 is 0 Å². The summed E-state index contributed by atoms with van der Waals surface area (Å²) in [5, 5.41) is 0. The number of thioether (sulfide) groups is 1. The van der Waals surface area contributed by atoms with E-state index in [1.165, 1.54) is 16.0 Å². The highest BCUT2D eigenvalue weighted by molar-refractivity contribution is 8.00. The quantitative estimate of drug-likeness (QED) is 0.668. The van der Waals surface area contributed by atoms with Crippen molar-refractivity contribution in [2.24, 2.45) is 0 Å². The summed E-state index contributed by atoms with van der Waals surface area (Å²) < 4.78 is 0. The van der Waals surface area contributed by atoms with Crippen LogP contribution in [-0.4, -0.2) is 11.5 Å². The second kappa shape index (κ2) is 3.67. The second-order valence-electron chi connectivity index (χ2n) is 5.08. The molecular formula is C13H16OS. The fourth-order valence-corrected chi connectivity index (χ4v) is 2.65. The number of hydrogen-bond acceptors (Lipinski definition) is 2. The van der Waals surface area contributed by atoms with Crippen molar-refractivity contribution in [2.45, 2.75) is 37.5 Å². The van der Waals surface area contributed by atoms with Crippen LogP contribution in [0.15, 0.2) is 23.1 Å². The average Bonchev–Trinajstić information content (AvgIpc) is 2.15. The molecule has 0 spiro atoms. The number of carbonyl (C=O) groups is 1. The molecular weight excluding hydrogens is 204 g/mol. The monoisotopic (exact) mass is 220 g/mol. The van der Waals surface area contributed by atoms with E-state index in [0.29, 0.717) is 18.0 Å². The summed E-state index contributed by atoms with van der Waals surface area (Å²) in [5.74, 6) is 0.987. The Morgan fingerprint density at radius 2 is 2.00 bits per heavy atom. The maximum atomic E-state index is 11.4. The summed E-state index contributed by atoms with van der Waals surface area (Å²) >= 11 is 1.67. The SMILES string of the molecule is CC(C)(C)c1ccc2c(c1)CC(=O)CS2. The van der Waals surface area contributed by atoms with Crippen LogP contribution in [0, 0.1) is 0 Å². The average molecular weight is 220 g/mol. The van der Waals surface area contributed by atoms with Gasteiger partial charge >= 0.3 is 0 Å². The lowest BCUT2D eigenvalue weighted by atomic mass is 9.86. The maximum Gasteiger partial charge on any atom is 0.147 e. The van der Waals surface area contributed by atoms with Gasteiger partial charge in [0.25, 0.3) is 0 Å². The first kappa shape index (κ1) is 10.7. The van der Waals surface area contributed by atoms with Crippen LogP contribution in [0.4, 0.5) is 0 Å². The van der Waals surface area contributed by atoms with Crippen LogP contribution in [0.3, 0.4) is 0 Å². The van der Waals surface area contributed by atoms with Crippen LogP contribution in [-0.2, 0) is 16.6 Å². The van der Waals surface area contributed by atoms with E-state index in [1.807, 2.05) is 0 Å². The van der Waals surface area contributed by atoms with Gasteiger partial charge in [-0.2, -0.15) is 0 Å². The number of ketones is 1. The smallest absolute Gasteiger partial charge is 0.147 e. The third kappa shape index (κ3) is 2.25. The standard InChI is InChI=1S/C13H16OS/c1-13(2,3)10-4-5-12-9(6-10)7-11(14)8-15-12/h4-6H,7-8H2,1-3H3. The fraction of sp³-hybridized carbons (Fsp3) is 0.462. The van der Waals surface area contributed by atoms with Crippen molar-refractivity contribution >= 4 is 17.5 Å². The molecule has 2 rings (SSSR count). The van der Waals surface area contributed by atoms with Crippen LogP contribution in [0.2, 0.25) is 0 Å². The number of carbonyl (C=O) groups excluding carboxylic acids is 1. The van der Waals surface area contributed by atoms with Gasteiger partial charge in [0.1, 0.15) is 5.78 Å². The minimum atomic E-state index is 0.167. The second-order valence-corrected chi connectivity index (χ2v) is 6.09. The molecule has 0 atom stereocenters. The van der Waals surface area contributed by atoms with E-state index in [4.69, 9.17) is 0 Å². The molecule has 0 bridgehead atoms. The van der Waals surface area contributed by atoms with Gasteiger partial charge in [-0.3, -0.25) is 4.79 Å². The number of hydrogen-bond donors (Lipinski definition) is 0. The minimum absolute atomic E-state index is 0.167. The Labute approximate surface area is 95.3 Å². The molecule has 0 fully saturated rings. The molecule has 0 aliphatic carbocycles. The third-order valence-corrected chi connectivity index (χ3v) is 3.88. The van der Waals surface area contributed by atoms with Gasteiger partial charge in [-0.1, -0.05) is 32.9 Å². The Bertz CT molecular complexity index is 401. The maximum absolute atomic E-state index is 11.4. The van der Waals surface area contributed by atoms with E-state index in [0.717, 1.165) is 0 Å². The van der Waals surface area contributed by atoms with Crippen LogP contribution >= 0.6 is 11.8 Å². The Morgan fingerprint density at radius 3 is 2.67 bits per heavy atom. The Morgan fingerprint density at radius 1 is 1.27 bits per heavy atom. The van der Waals surface area contributed by atoms with Crippen LogP contribution in [0.5, 0.6) is 0 Å². The van der Waals surface area contributed by atoms with Gasteiger partial charge in [-0.05, 0) is 22.6 Å². The normalized spacial score (nSPS) is 16.3. The molecule has 0 saturated heterocycles. The highest BCUT2D eigenvalue weighted by Gasteiger charge is 2.20. The Kier molecular flexibility index (Phi) is 2.63. The zero-order valence-electron chi connectivity index (χ0n) is 9.46. The lowest BCUT2D eigenvalue weighted by Crippen LogP contribution is -2.15. The summed E-state index contributed by atoms with van der Waals surface area (Å²) in [6.45, 7) is 6.60. The van der Waals surface area contributed by atoms with E-state index in [9.17, 15) is 4.79 Å². The van der Waals surface area contributed by atoms with Gasteiger partial charge in [0.15, 0.2) is 0 Å². The van der Waals surface area contributed by atoms with Crippen LogP contribution < -0.4 is 0 Å². The van der Waals surface area contributed by atoms with E-state index in [-0.39, 0.29) is 5.41 Å². The lowest BCUT2D eigenvalue weighted by Gasteiger charge is -2.22. The van der Waals surface area contributed by atoms with E-state index < -0.39 is 0 Å². The third-order valence-electron chi connectivity index (χ3n) is 2.70. The van der Waals surface area contributed by atoms with Crippen molar-refractivity contribution in [1.82, 2.24) is 0 Å². The topological polar surface area (TPSA) is 17.1 Å². The number of Topliss-reactive ketones (excluding diaryl/α,β-unsaturated/α-hetero) is 1. The molecule has 1 aromatic rings. The molecule has 0 unspecified atom stereocenters. The van der Waals surface area contributed by atoms with Gasteiger partial charge in [0.05, 0.1) is 5.75 Å². The first-order valence-corrected chi connectivity index (χ1v) is 6.23. The molecule has 15 heavy (non-hydrogen) atoms. The predicted molar refractivity (Wildman–Crippen MR) is 64.6 cm³/mol. The summed E-state index contributed by atoms with van der Waals surface area (Å²) in [7, 11) is 0. The molecule has 2 heteroatoms.